The van der Waals surface area contributed by atoms with Gasteiger partial charge in [0.15, 0.2) is 0 Å². The Kier molecular flexibility index (Phi) is 9.88. The summed E-state index contributed by atoms with van der Waals surface area (Å²) in [6.07, 6.45) is 2.15. The second kappa shape index (κ2) is 11.5. The summed E-state index contributed by atoms with van der Waals surface area (Å²) in [5.41, 5.74) is 0.000864. The third kappa shape index (κ3) is 6.25. The molecule has 176 valence electrons. The summed E-state index contributed by atoms with van der Waals surface area (Å²) in [6, 6.07) is 4.98. The number of hydrogen-bond acceptors (Lipinski definition) is 5. The van der Waals surface area contributed by atoms with Crippen molar-refractivity contribution >= 4 is 51.5 Å². The molecule has 1 N–H and O–H groups in total. The standard InChI is InChI=1S/C20H29Cl2N3O4S.ClH/c1-2-14-30(27,28)25-10-8-24(9-11-25)20(6-12-29-13-7-20)15-23-19(26)18-16(21)4-3-5-17(18)22;/h3-5H,2,6-15H2,1H3,(H,23,26);1H. The van der Waals surface area contributed by atoms with Crippen molar-refractivity contribution in [3.05, 3.63) is 33.8 Å². The first-order valence-corrected chi connectivity index (χ1v) is 12.7. The van der Waals surface area contributed by atoms with Gasteiger partial charge in [-0.15, -0.1) is 12.4 Å². The van der Waals surface area contributed by atoms with Gasteiger partial charge >= 0.3 is 0 Å². The maximum absolute atomic E-state index is 12.8. The SMILES string of the molecule is CCCS(=O)(=O)N1CCN(C2(CNC(=O)c3c(Cl)cccc3Cl)CCOCC2)CC1.Cl. The molecule has 0 spiro atoms. The smallest absolute Gasteiger partial charge is 0.254 e. The van der Waals surface area contributed by atoms with E-state index in [9.17, 15) is 13.2 Å². The van der Waals surface area contributed by atoms with Crippen molar-refractivity contribution in [3.8, 4) is 0 Å². The van der Waals surface area contributed by atoms with Gasteiger partial charge in [-0.3, -0.25) is 9.69 Å². The molecule has 0 bridgehead atoms. The second-order valence-corrected chi connectivity index (χ2v) is 10.7. The molecule has 1 aromatic carbocycles. The Balaban J connectivity index is 0.00000341. The van der Waals surface area contributed by atoms with Gasteiger partial charge < -0.3 is 10.1 Å². The quantitative estimate of drug-likeness (QED) is 0.605. The van der Waals surface area contributed by atoms with Gasteiger partial charge in [0.2, 0.25) is 10.0 Å². The molecule has 0 atom stereocenters. The number of benzene rings is 1. The predicted molar refractivity (Wildman–Crippen MR) is 126 cm³/mol. The summed E-state index contributed by atoms with van der Waals surface area (Å²) < 4.78 is 31.9. The van der Waals surface area contributed by atoms with Gasteiger partial charge in [-0.05, 0) is 31.4 Å². The Morgan fingerprint density at radius 1 is 1.13 bits per heavy atom. The average Bonchev–Trinajstić information content (AvgIpc) is 2.73. The summed E-state index contributed by atoms with van der Waals surface area (Å²) in [6.45, 7) is 5.72. The zero-order valence-electron chi connectivity index (χ0n) is 17.6. The summed E-state index contributed by atoms with van der Waals surface area (Å²) >= 11 is 12.4. The van der Waals surface area contributed by atoms with Crippen LogP contribution < -0.4 is 5.32 Å². The Morgan fingerprint density at radius 3 is 2.26 bits per heavy atom. The number of carbonyl (C=O) groups excluding carboxylic acids is 1. The molecule has 0 aliphatic carbocycles. The van der Waals surface area contributed by atoms with Crippen LogP contribution in [0.2, 0.25) is 10.0 Å². The fraction of sp³-hybridized carbons (Fsp3) is 0.650. The third-order valence-electron chi connectivity index (χ3n) is 5.96. The van der Waals surface area contributed by atoms with Gasteiger partial charge in [0.1, 0.15) is 0 Å². The molecular weight excluding hydrogens is 485 g/mol. The zero-order valence-corrected chi connectivity index (χ0v) is 20.8. The Hall–Kier alpha value is -0.610. The molecule has 2 aliphatic rings. The second-order valence-electron chi connectivity index (χ2n) is 7.82. The number of amides is 1. The predicted octanol–water partition coefficient (Wildman–Crippen LogP) is 3.05. The van der Waals surface area contributed by atoms with E-state index >= 15 is 0 Å². The highest BCUT2D eigenvalue weighted by atomic mass is 35.5. The molecule has 3 rings (SSSR count). The van der Waals surface area contributed by atoms with Gasteiger partial charge in [-0.25, -0.2) is 8.42 Å². The highest BCUT2D eigenvalue weighted by Gasteiger charge is 2.41. The van der Waals surface area contributed by atoms with Crippen molar-refractivity contribution in [2.75, 3.05) is 51.7 Å². The fourth-order valence-electron chi connectivity index (χ4n) is 4.23. The molecular formula is C20H30Cl3N3O4S. The molecule has 1 amide bonds. The maximum atomic E-state index is 12.8. The molecule has 0 radical (unpaired) electrons. The summed E-state index contributed by atoms with van der Waals surface area (Å²) in [4.78, 5) is 15.1. The Labute approximate surface area is 200 Å². The van der Waals surface area contributed by atoms with Crippen molar-refractivity contribution in [1.29, 1.82) is 0 Å². The topological polar surface area (TPSA) is 79.0 Å². The minimum absolute atomic E-state index is 0. The number of carbonyl (C=O) groups is 1. The van der Waals surface area contributed by atoms with Gasteiger partial charge in [-0.2, -0.15) is 4.31 Å². The van der Waals surface area contributed by atoms with E-state index < -0.39 is 10.0 Å². The molecule has 1 aromatic rings. The number of piperazine rings is 1. The Morgan fingerprint density at radius 2 is 1.71 bits per heavy atom. The Bertz CT molecular complexity index is 835. The largest absolute Gasteiger partial charge is 0.381 e. The van der Waals surface area contributed by atoms with E-state index in [1.807, 2.05) is 6.92 Å². The molecule has 2 saturated heterocycles. The first kappa shape index (κ1) is 26.6. The third-order valence-corrected chi connectivity index (χ3v) is 8.66. The van der Waals surface area contributed by atoms with E-state index in [0.717, 1.165) is 12.8 Å². The number of nitrogens with one attached hydrogen (secondary N) is 1. The number of ether oxygens (including phenoxy) is 1. The first-order valence-electron chi connectivity index (χ1n) is 10.3. The summed E-state index contributed by atoms with van der Waals surface area (Å²) in [5, 5.41) is 3.64. The molecule has 2 fully saturated rings. The van der Waals surface area contributed by atoms with Crippen molar-refractivity contribution in [3.63, 3.8) is 0 Å². The van der Waals surface area contributed by atoms with Crippen molar-refractivity contribution < 1.29 is 17.9 Å². The van der Waals surface area contributed by atoms with Crippen LogP contribution in [0.5, 0.6) is 0 Å². The lowest BCUT2D eigenvalue weighted by atomic mass is 9.87. The molecule has 0 saturated carbocycles. The lowest BCUT2D eigenvalue weighted by molar-refractivity contribution is -0.0385. The summed E-state index contributed by atoms with van der Waals surface area (Å²) in [7, 11) is -3.20. The zero-order chi connectivity index (χ0) is 21.8. The summed E-state index contributed by atoms with van der Waals surface area (Å²) in [5.74, 6) is -0.124. The van der Waals surface area contributed by atoms with Crippen LogP contribution >= 0.6 is 35.6 Å². The normalized spacial score (nSPS) is 20.1. The van der Waals surface area contributed by atoms with E-state index in [0.29, 0.717) is 62.4 Å². The first-order chi connectivity index (χ1) is 14.3. The number of sulfonamides is 1. The maximum Gasteiger partial charge on any atom is 0.254 e. The number of nitrogens with zero attached hydrogens (tertiary/aromatic N) is 2. The molecule has 31 heavy (non-hydrogen) atoms. The van der Waals surface area contributed by atoms with Crippen LogP contribution in [0.3, 0.4) is 0 Å². The van der Waals surface area contributed by atoms with Gasteiger partial charge in [0, 0.05) is 51.5 Å². The van der Waals surface area contributed by atoms with Crippen molar-refractivity contribution in [1.82, 2.24) is 14.5 Å². The van der Waals surface area contributed by atoms with Crippen LogP contribution in [0.1, 0.15) is 36.5 Å². The van der Waals surface area contributed by atoms with E-state index in [-0.39, 0.29) is 35.2 Å². The van der Waals surface area contributed by atoms with Gasteiger partial charge in [0.25, 0.3) is 5.91 Å². The highest BCUT2D eigenvalue weighted by Crippen LogP contribution is 2.30. The minimum Gasteiger partial charge on any atom is -0.381 e. The molecule has 2 aliphatic heterocycles. The van der Waals surface area contributed by atoms with Crippen LogP contribution in [0, 0.1) is 0 Å². The fourth-order valence-corrected chi connectivity index (χ4v) is 6.29. The van der Waals surface area contributed by atoms with Gasteiger partial charge in [-0.1, -0.05) is 36.2 Å². The lowest BCUT2D eigenvalue weighted by Crippen LogP contribution is -2.63. The minimum atomic E-state index is -3.20. The number of halogens is 3. The van der Waals surface area contributed by atoms with Crippen LogP contribution in [0.25, 0.3) is 0 Å². The van der Waals surface area contributed by atoms with Crippen molar-refractivity contribution in [2.24, 2.45) is 0 Å². The van der Waals surface area contributed by atoms with Crippen LogP contribution in [-0.4, -0.2) is 80.8 Å². The van der Waals surface area contributed by atoms with E-state index in [4.69, 9.17) is 27.9 Å². The molecule has 11 heteroatoms. The molecule has 7 nitrogen and oxygen atoms in total. The average molecular weight is 515 g/mol. The van der Waals surface area contributed by atoms with E-state index in [2.05, 4.69) is 10.2 Å². The number of rotatable bonds is 7. The van der Waals surface area contributed by atoms with E-state index in [1.54, 1.807) is 22.5 Å². The van der Waals surface area contributed by atoms with Crippen LogP contribution in [0.15, 0.2) is 18.2 Å². The van der Waals surface area contributed by atoms with E-state index in [1.165, 1.54) is 0 Å². The molecule has 0 unspecified atom stereocenters. The lowest BCUT2D eigenvalue weighted by Gasteiger charge is -2.49. The molecule has 0 aromatic heterocycles. The highest BCUT2D eigenvalue weighted by molar-refractivity contribution is 7.89. The van der Waals surface area contributed by atoms with Crippen LogP contribution in [-0.2, 0) is 14.8 Å². The molecule has 2 heterocycles. The monoisotopic (exact) mass is 513 g/mol. The van der Waals surface area contributed by atoms with Crippen LogP contribution in [0.4, 0.5) is 0 Å². The van der Waals surface area contributed by atoms with Crippen molar-refractivity contribution in [2.45, 2.75) is 31.7 Å². The van der Waals surface area contributed by atoms with Gasteiger partial charge in [0.05, 0.1) is 21.4 Å². The number of hydrogen-bond donors (Lipinski definition) is 1.